The Hall–Kier alpha value is -3.94. The molecule has 4 amide bonds. The van der Waals surface area contributed by atoms with Gasteiger partial charge in [-0.3, -0.25) is 9.59 Å². The largest absolute Gasteiger partial charge is 0.465 e. The van der Waals surface area contributed by atoms with Gasteiger partial charge in [0.2, 0.25) is 5.91 Å². The summed E-state index contributed by atoms with van der Waals surface area (Å²) < 4.78 is 4.63. The van der Waals surface area contributed by atoms with Gasteiger partial charge in [0.15, 0.2) is 0 Å². The number of urea groups is 1. The number of hydrogen-bond acceptors (Lipinski definition) is 5. The SMILES string of the molecule is COC(=O)c1ccc(/C=C2/NC(=O)N(CC(=O)Nc3ccc(C)cc3)C2=O)cc1. The molecule has 0 atom stereocenters. The van der Waals surface area contributed by atoms with Crippen molar-refractivity contribution in [3.63, 3.8) is 0 Å². The minimum Gasteiger partial charge on any atom is -0.465 e. The summed E-state index contributed by atoms with van der Waals surface area (Å²) >= 11 is 0. The van der Waals surface area contributed by atoms with Crippen LogP contribution < -0.4 is 10.6 Å². The van der Waals surface area contributed by atoms with Crippen molar-refractivity contribution in [2.75, 3.05) is 19.0 Å². The Morgan fingerprint density at radius 3 is 2.34 bits per heavy atom. The van der Waals surface area contributed by atoms with E-state index in [1.54, 1.807) is 36.4 Å². The third-order valence-electron chi connectivity index (χ3n) is 4.24. The average Bonchev–Trinajstić information content (AvgIpc) is 2.97. The molecule has 1 fully saturated rings. The van der Waals surface area contributed by atoms with Gasteiger partial charge in [-0.25, -0.2) is 14.5 Å². The molecule has 0 bridgehead atoms. The maximum atomic E-state index is 12.5. The fraction of sp³-hybridized carbons (Fsp3) is 0.143. The number of amides is 4. The number of anilines is 1. The first-order valence-electron chi connectivity index (χ1n) is 8.77. The van der Waals surface area contributed by atoms with Gasteiger partial charge in [-0.2, -0.15) is 0 Å². The number of nitrogens with zero attached hydrogens (tertiary/aromatic N) is 1. The second-order valence-corrected chi connectivity index (χ2v) is 6.41. The number of hydrogen-bond donors (Lipinski definition) is 2. The number of esters is 1. The third-order valence-corrected chi connectivity index (χ3v) is 4.24. The molecule has 0 aliphatic carbocycles. The topological polar surface area (TPSA) is 105 Å². The van der Waals surface area contributed by atoms with E-state index in [1.165, 1.54) is 13.2 Å². The normalized spacial score (nSPS) is 14.7. The molecule has 1 saturated heterocycles. The molecule has 2 N–H and O–H groups in total. The highest BCUT2D eigenvalue weighted by atomic mass is 16.5. The minimum absolute atomic E-state index is 0.0453. The van der Waals surface area contributed by atoms with Crippen LogP contribution in [0.1, 0.15) is 21.5 Å². The molecule has 0 aromatic heterocycles. The molecular formula is C21H19N3O5. The number of rotatable bonds is 5. The molecule has 1 aliphatic rings. The smallest absolute Gasteiger partial charge is 0.337 e. The minimum atomic E-state index is -0.675. The van der Waals surface area contributed by atoms with E-state index < -0.39 is 30.4 Å². The van der Waals surface area contributed by atoms with Crippen LogP contribution in [-0.2, 0) is 14.3 Å². The van der Waals surface area contributed by atoms with Crippen molar-refractivity contribution in [2.24, 2.45) is 0 Å². The van der Waals surface area contributed by atoms with Crippen LogP contribution in [0.4, 0.5) is 10.5 Å². The standard InChI is InChI=1S/C21H19N3O5/c1-13-3-9-16(10-4-13)22-18(25)12-24-19(26)17(23-21(24)28)11-14-5-7-15(8-6-14)20(27)29-2/h3-11H,12H2,1-2H3,(H,22,25)(H,23,28)/b17-11+. The van der Waals surface area contributed by atoms with Gasteiger partial charge < -0.3 is 15.4 Å². The zero-order valence-electron chi connectivity index (χ0n) is 15.9. The van der Waals surface area contributed by atoms with E-state index in [0.717, 1.165) is 10.5 Å². The molecule has 148 valence electrons. The zero-order chi connectivity index (χ0) is 21.0. The number of benzene rings is 2. The van der Waals surface area contributed by atoms with Gasteiger partial charge in [-0.15, -0.1) is 0 Å². The zero-order valence-corrected chi connectivity index (χ0v) is 15.9. The van der Waals surface area contributed by atoms with Gasteiger partial charge in [0.05, 0.1) is 12.7 Å². The maximum absolute atomic E-state index is 12.5. The van der Waals surface area contributed by atoms with E-state index in [9.17, 15) is 19.2 Å². The molecule has 8 heteroatoms. The van der Waals surface area contributed by atoms with E-state index in [0.29, 0.717) is 16.8 Å². The Kier molecular flexibility index (Phi) is 5.73. The first-order valence-corrected chi connectivity index (χ1v) is 8.77. The predicted octanol–water partition coefficient (Wildman–Crippen LogP) is 2.31. The summed E-state index contributed by atoms with van der Waals surface area (Å²) in [5.41, 5.74) is 2.64. The highest BCUT2D eigenvalue weighted by Gasteiger charge is 2.34. The number of carbonyl (C=O) groups is 4. The van der Waals surface area contributed by atoms with Crippen molar-refractivity contribution >= 4 is 35.6 Å². The highest BCUT2D eigenvalue weighted by Crippen LogP contribution is 2.16. The number of carbonyl (C=O) groups excluding carboxylic acids is 4. The molecular weight excluding hydrogens is 374 g/mol. The van der Waals surface area contributed by atoms with Gasteiger partial charge in [-0.1, -0.05) is 29.8 Å². The Morgan fingerprint density at radius 2 is 1.72 bits per heavy atom. The van der Waals surface area contributed by atoms with E-state index >= 15 is 0 Å². The van der Waals surface area contributed by atoms with Crippen molar-refractivity contribution < 1.29 is 23.9 Å². The quantitative estimate of drug-likeness (QED) is 0.461. The van der Waals surface area contributed by atoms with E-state index in [-0.39, 0.29) is 5.70 Å². The monoisotopic (exact) mass is 393 g/mol. The Morgan fingerprint density at radius 1 is 1.07 bits per heavy atom. The van der Waals surface area contributed by atoms with Gasteiger partial charge >= 0.3 is 12.0 Å². The van der Waals surface area contributed by atoms with Crippen LogP contribution in [0.25, 0.3) is 6.08 Å². The van der Waals surface area contributed by atoms with Crippen LogP contribution in [0.5, 0.6) is 0 Å². The van der Waals surface area contributed by atoms with Crippen molar-refractivity contribution in [1.82, 2.24) is 10.2 Å². The summed E-state index contributed by atoms with van der Waals surface area (Å²) in [7, 11) is 1.29. The van der Waals surface area contributed by atoms with Gasteiger partial charge in [-0.05, 0) is 42.8 Å². The molecule has 0 spiro atoms. The van der Waals surface area contributed by atoms with Crippen molar-refractivity contribution in [2.45, 2.75) is 6.92 Å². The summed E-state index contributed by atoms with van der Waals surface area (Å²) in [4.78, 5) is 49.1. The maximum Gasteiger partial charge on any atom is 0.337 e. The molecule has 3 rings (SSSR count). The fourth-order valence-electron chi connectivity index (χ4n) is 2.70. The number of methoxy groups -OCH3 is 1. The molecule has 1 heterocycles. The number of nitrogens with one attached hydrogen (secondary N) is 2. The number of imide groups is 1. The Labute approximate surface area is 167 Å². The Balaban J connectivity index is 1.67. The second-order valence-electron chi connectivity index (χ2n) is 6.41. The third kappa shape index (κ3) is 4.67. The van der Waals surface area contributed by atoms with Crippen molar-refractivity contribution in [1.29, 1.82) is 0 Å². The van der Waals surface area contributed by atoms with Gasteiger partial charge in [0.25, 0.3) is 5.91 Å². The lowest BCUT2D eigenvalue weighted by Gasteiger charge is -2.12. The Bertz CT molecular complexity index is 994. The summed E-state index contributed by atoms with van der Waals surface area (Å²) in [6.07, 6.45) is 1.47. The van der Waals surface area contributed by atoms with Crippen LogP contribution in [0.15, 0.2) is 54.2 Å². The van der Waals surface area contributed by atoms with E-state index in [4.69, 9.17) is 0 Å². The fourth-order valence-corrected chi connectivity index (χ4v) is 2.70. The molecule has 8 nitrogen and oxygen atoms in total. The lowest BCUT2D eigenvalue weighted by Crippen LogP contribution is -2.38. The second kappa shape index (κ2) is 8.39. The average molecular weight is 393 g/mol. The van der Waals surface area contributed by atoms with Gasteiger partial charge in [0, 0.05) is 5.69 Å². The predicted molar refractivity (Wildman–Crippen MR) is 106 cm³/mol. The molecule has 2 aromatic rings. The summed E-state index contributed by atoms with van der Waals surface area (Å²) in [6, 6.07) is 12.8. The molecule has 0 unspecified atom stereocenters. The van der Waals surface area contributed by atoms with Crippen LogP contribution in [0.3, 0.4) is 0 Å². The molecule has 2 aromatic carbocycles. The number of ether oxygens (including phenoxy) is 1. The van der Waals surface area contributed by atoms with Crippen LogP contribution in [0, 0.1) is 6.92 Å². The van der Waals surface area contributed by atoms with Crippen molar-refractivity contribution in [3.05, 3.63) is 70.9 Å². The molecule has 29 heavy (non-hydrogen) atoms. The lowest BCUT2D eigenvalue weighted by atomic mass is 10.1. The number of aryl methyl sites for hydroxylation is 1. The molecule has 0 radical (unpaired) electrons. The summed E-state index contributed by atoms with van der Waals surface area (Å²) in [6.45, 7) is 1.52. The van der Waals surface area contributed by atoms with Crippen molar-refractivity contribution in [3.8, 4) is 0 Å². The highest BCUT2D eigenvalue weighted by molar-refractivity contribution is 6.16. The molecule has 1 aliphatic heterocycles. The molecule has 0 saturated carbocycles. The lowest BCUT2D eigenvalue weighted by molar-refractivity contribution is -0.127. The van der Waals surface area contributed by atoms with E-state index in [1.807, 2.05) is 19.1 Å². The van der Waals surface area contributed by atoms with Crippen LogP contribution in [-0.4, -0.2) is 42.4 Å². The van der Waals surface area contributed by atoms with Crippen LogP contribution in [0.2, 0.25) is 0 Å². The van der Waals surface area contributed by atoms with Gasteiger partial charge in [0.1, 0.15) is 12.2 Å². The summed E-state index contributed by atoms with van der Waals surface area (Å²) in [5, 5.41) is 5.10. The first kappa shape index (κ1) is 19.8. The van der Waals surface area contributed by atoms with Crippen LogP contribution >= 0.6 is 0 Å². The first-order chi connectivity index (χ1) is 13.9. The van der Waals surface area contributed by atoms with E-state index in [2.05, 4.69) is 15.4 Å². The summed E-state index contributed by atoms with van der Waals surface area (Å²) in [5.74, 6) is -1.56.